The summed E-state index contributed by atoms with van der Waals surface area (Å²) < 4.78 is 5.28. The lowest BCUT2D eigenvalue weighted by Gasteiger charge is -2.26. The Hall–Kier alpha value is -3.16. The van der Waals surface area contributed by atoms with Gasteiger partial charge >= 0.3 is 0 Å². The Kier molecular flexibility index (Phi) is 6.06. The van der Waals surface area contributed by atoms with Crippen LogP contribution in [0.3, 0.4) is 0 Å². The van der Waals surface area contributed by atoms with Gasteiger partial charge in [-0.2, -0.15) is 0 Å². The van der Waals surface area contributed by atoms with E-state index < -0.39 is 11.8 Å². The van der Waals surface area contributed by atoms with E-state index in [1.165, 1.54) is 0 Å². The van der Waals surface area contributed by atoms with Crippen LogP contribution in [0.1, 0.15) is 22.8 Å². The predicted octanol–water partition coefficient (Wildman–Crippen LogP) is 3.16. The van der Waals surface area contributed by atoms with E-state index in [0.717, 1.165) is 16.9 Å². The van der Waals surface area contributed by atoms with Crippen molar-refractivity contribution in [2.45, 2.75) is 13.3 Å². The molecule has 2 heterocycles. The van der Waals surface area contributed by atoms with E-state index in [9.17, 15) is 14.4 Å². The van der Waals surface area contributed by atoms with Crippen molar-refractivity contribution in [3.05, 3.63) is 70.4 Å². The van der Waals surface area contributed by atoms with Gasteiger partial charge in [-0.05, 0) is 48.4 Å². The number of aryl methyl sites for hydroxylation is 1. The molecule has 0 unspecified atom stereocenters. The smallest absolute Gasteiger partial charge is 0.283 e. The van der Waals surface area contributed by atoms with Gasteiger partial charge in [0.15, 0.2) is 0 Å². The monoisotopic (exact) mass is 439 g/mol. The molecule has 7 nitrogen and oxygen atoms in total. The Morgan fingerprint density at radius 2 is 1.65 bits per heavy atom. The maximum atomic E-state index is 12.9. The van der Waals surface area contributed by atoms with E-state index in [1.807, 2.05) is 19.1 Å². The average Bonchev–Trinajstić information content (AvgIpc) is 3.03. The van der Waals surface area contributed by atoms with Gasteiger partial charge in [-0.15, -0.1) is 0 Å². The second-order valence-electron chi connectivity index (χ2n) is 7.26. The van der Waals surface area contributed by atoms with E-state index in [2.05, 4.69) is 5.32 Å². The first-order valence-electron chi connectivity index (χ1n) is 10.1. The lowest BCUT2D eigenvalue weighted by molar-refractivity contribution is -0.120. The molecule has 8 heteroatoms. The van der Waals surface area contributed by atoms with Gasteiger partial charge in [-0.3, -0.25) is 14.4 Å². The third kappa shape index (κ3) is 4.19. The summed E-state index contributed by atoms with van der Waals surface area (Å²) in [5.74, 6) is -1.16. The number of carbonyl (C=O) groups excluding carboxylic acids is 3. The molecule has 0 bridgehead atoms. The van der Waals surface area contributed by atoms with Crippen LogP contribution >= 0.6 is 11.6 Å². The van der Waals surface area contributed by atoms with Gasteiger partial charge in [0.25, 0.3) is 17.7 Å². The van der Waals surface area contributed by atoms with Gasteiger partial charge < -0.3 is 15.0 Å². The zero-order valence-corrected chi connectivity index (χ0v) is 17.8. The molecule has 2 aromatic carbocycles. The molecule has 1 saturated heterocycles. The molecule has 160 valence electrons. The number of nitrogens with zero attached hydrogens (tertiary/aromatic N) is 2. The van der Waals surface area contributed by atoms with Crippen molar-refractivity contribution in [1.29, 1.82) is 0 Å². The highest BCUT2D eigenvalue weighted by Crippen LogP contribution is 2.30. The number of carbonyl (C=O) groups is 3. The minimum absolute atomic E-state index is 0.0125. The molecule has 2 aromatic rings. The number of imide groups is 1. The summed E-state index contributed by atoms with van der Waals surface area (Å²) >= 11 is 6.19. The number of amides is 3. The number of benzene rings is 2. The number of ether oxygens (including phenoxy) is 1. The molecule has 0 aliphatic carbocycles. The minimum atomic E-state index is -0.572. The van der Waals surface area contributed by atoms with E-state index >= 15 is 0 Å². The number of nitrogens with one attached hydrogen (secondary N) is 1. The van der Waals surface area contributed by atoms with Gasteiger partial charge in [0.1, 0.15) is 10.7 Å². The molecule has 1 N–H and O–H groups in total. The van der Waals surface area contributed by atoms with Crippen LogP contribution in [-0.2, 0) is 20.7 Å². The van der Waals surface area contributed by atoms with Crippen molar-refractivity contribution in [1.82, 2.24) is 4.90 Å². The van der Waals surface area contributed by atoms with Crippen LogP contribution in [0.4, 0.5) is 11.4 Å². The van der Waals surface area contributed by atoms with E-state index in [0.29, 0.717) is 43.2 Å². The number of anilines is 2. The molecule has 0 aromatic heterocycles. The van der Waals surface area contributed by atoms with Gasteiger partial charge in [-0.25, -0.2) is 4.90 Å². The largest absolute Gasteiger partial charge is 0.378 e. The molecule has 2 aliphatic heterocycles. The Bertz CT molecular complexity index is 1040. The summed E-state index contributed by atoms with van der Waals surface area (Å²) in [5, 5.41) is 2.76. The van der Waals surface area contributed by atoms with E-state index in [-0.39, 0.29) is 16.6 Å². The molecule has 1 fully saturated rings. The second kappa shape index (κ2) is 8.91. The minimum Gasteiger partial charge on any atom is -0.378 e. The molecule has 2 aliphatic rings. The Morgan fingerprint density at radius 1 is 1.00 bits per heavy atom. The van der Waals surface area contributed by atoms with Crippen LogP contribution < -0.4 is 10.2 Å². The zero-order chi connectivity index (χ0) is 22.0. The molecular formula is C23H22ClN3O4. The number of morpholine rings is 1. The van der Waals surface area contributed by atoms with Crippen LogP contribution in [0, 0.1) is 0 Å². The summed E-state index contributed by atoms with van der Waals surface area (Å²) in [5.41, 5.74) is 2.68. The van der Waals surface area contributed by atoms with Crippen molar-refractivity contribution in [2.75, 3.05) is 36.5 Å². The quantitative estimate of drug-likeness (QED) is 0.724. The van der Waals surface area contributed by atoms with Crippen molar-refractivity contribution in [3.63, 3.8) is 0 Å². The fourth-order valence-corrected chi connectivity index (χ4v) is 3.73. The highest BCUT2D eigenvalue weighted by atomic mass is 35.5. The normalized spacial score (nSPS) is 16.8. The Morgan fingerprint density at radius 3 is 2.26 bits per heavy atom. The maximum Gasteiger partial charge on any atom is 0.283 e. The number of halogens is 1. The molecule has 4 rings (SSSR count). The first-order chi connectivity index (χ1) is 15.0. The standard InChI is InChI=1S/C23H22ClN3O4/c1-2-15-3-9-18(10-4-15)27-22(29)19(24)20(23(27)30)25-17-7-5-16(6-8-17)21(28)26-11-13-31-14-12-26/h3-10,25H,2,11-14H2,1H3. The van der Waals surface area contributed by atoms with Crippen molar-refractivity contribution in [3.8, 4) is 0 Å². The fourth-order valence-electron chi connectivity index (χ4n) is 3.52. The molecule has 3 amide bonds. The molecule has 0 radical (unpaired) electrons. The first-order valence-corrected chi connectivity index (χ1v) is 10.5. The van der Waals surface area contributed by atoms with Gasteiger partial charge in [-0.1, -0.05) is 30.7 Å². The zero-order valence-electron chi connectivity index (χ0n) is 17.1. The SMILES string of the molecule is CCc1ccc(N2C(=O)C(Cl)=C(Nc3ccc(C(=O)N4CCOCC4)cc3)C2=O)cc1. The highest BCUT2D eigenvalue weighted by molar-refractivity contribution is 6.53. The Labute approximate surface area is 185 Å². The first kappa shape index (κ1) is 21.1. The van der Waals surface area contributed by atoms with Crippen LogP contribution in [0.15, 0.2) is 59.3 Å². The van der Waals surface area contributed by atoms with E-state index in [4.69, 9.17) is 16.3 Å². The van der Waals surface area contributed by atoms with Gasteiger partial charge in [0.2, 0.25) is 0 Å². The van der Waals surface area contributed by atoms with Crippen molar-refractivity contribution < 1.29 is 19.1 Å². The summed E-state index contributed by atoms with van der Waals surface area (Å²) in [7, 11) is 0. The summed E-state index contributed by atoms with van der Waals surface area (Å²) in [6.45, 7) is 4.22. The predicted molar refractivity (Wildman–Crippen MR) is 118 cm³/mol. The fraction of sp³-hybridized carbons (Fsp3) is 0.261. The maximum absolute atomic E-state index is 12.9. The highest BCUT2D eigenvalue weighted by Gasteiger charge is 2.38. The molecular weight excluding hydrogens is 418 g/mol. The Balaban J connectivity index is 1.48. The number of hydrogen-bond donors (Lipinski definition) is 1. The molecule has 0 spiro atoms. The van der Waals surface area contributed by atoms with Gasteiger partial charge in [0.05, 0.1) is 18.9 Å². The second-order valence-corrected chi connectivity index (χ2v) is 7.64. The lowest BCUT2D eigenvalue weighted by atomic mass is 10.1. The van der Waals surface area contributed by atoms with E-state index in [1.54, 1.807) is 41.3 Å². The third-order valence-electron chi connectivity index (χ3n) is 5.33. The van der Waals surface area contributed by atoms with Crippen molar-refractivity contribution in [2.24, 2.45) is 0 Å². The van der Waals surface area contributed by atoms with Crippen LogP contribution in [0.2, 0.25) is 0 Å². The van der Waals surface area contributed by atoms with Gasteiger partial charge in [0, 0.05) is 24.3 Å². The molecule has 31 heavy (non-hydrogen) atoms. The summed E-state index contributed by atoms with van der Waals surface area (Å²) in [6, 6.07) is 13.9. The van der Waals surface area contributed by atoms with Crippen LogP contribution in [0.5, 0.6) is 0 Å². The third-order valence-corrected chi connectivity index (χ3v) is 5.68. The summed E-state index contributed by atoms with van der Waals surface area (Å²) in [6.07, 6.45) is 0.859. The van der Waals surface area contributed by atoms with Crippen LogP contribution in [0.25, 0.3) is 0 Å². The van der Waals surface area contributed by atoms with Crippen molar-refractivity contribution >= 4 is 40.7 Å². The average molecular weight is 440 g/mol. The topological polar surface area (TPSA) is 79.0 Å². The number of hydrogen-bond acceptors (Lipinski definition) is 5. The lowest BCUT2D eigenvalue weighted by Crippen LogP contribution is -2.40. The molecule has 0 atom stereocenters. The molecule has 0 saturated carbocycles. The van der Waals surface area contributed by atoms with Crippen LogP contribution in [-0.4, -0.2) is 48.9 Å². The summed E-state index contributed by atoms with van der Waals surface area (Å²) in [4.78, 5) is 40.9. The number of rotatable bonds is 5.